The van der Waals surface area contributed by atoms with Gasteiger partial charge in [-0.2, -0.15) is 4.98 Å². The van der Waals surface area contributed by atoms with E-state index in [-0.39, 0.29) is 12.1 Å². The van der Waals surface area contributed by atoms with Crippen LogP contribution >= 0.6 is 0 Å². The molecule has 0 aliphatic heterocycles. The van der Waals surface area contributed by atoms with Gasteiger partial charge in [-0.05, 0) is 19.3 Å². The number of aromatic nitrogens is 2. The Hall–Kier alpha value is -1.36. The van der Waals surface area contributed by atoms with Gasteiger partial charge >= 0.3 is 0 Å². The lowest BCUT2D eigenvalue weighted by Crippen LogP contribution is -2.35. The van der Waals surface area contributed by atoms with Gasteiger partial charge in [-0.25, -0.2) is 4.98 Å². The van der Waals surface area contributed by atoms with Crippen molar-refractivity contribution in [2.75, 3.05) is 12.4 Å². The highest BCUT2D eigenvalue weighted by atomic mass is 16.5. The number of hydrogen-bond acceptors (Lipinski definition) is 5. The van der Waals surface area contributed by atoms with Gasteiger partial charge in [0.25, 0.3) is 0 Å². The molecule has 2 atom stereocenters. The molecule has 82 valence electrons. The number of ether oxygens (including phenoxy) is 1. The van der Waals surface area contributed by atoms with Crippen molar-refractivity contribution >= 4 is 5.95 Å². The summed E-state index contributed by atoms with van der Waals surface area (Å²) < 4.78 is 5.02. The topological polar surface area (TPSA) is 73.1 Å². The second kappa shape index (κ2) is 4.44. The first-order valence-electron chi connectivity index (χ1n) is 5.19. The Morgan fingerprint density at radius 1 is 1.53 bits per heavy atom. The standard InChI is InChI=1S/C10H16N4O/c1-15-9-5-6-12-10(14-9)13-8-4-2-3-7(8)11/h5-8H,2-4,11H2,1H3,(H,12,13,14). The van der Waals surface area contributed by atoms with Crippen LogP contribution in [-0.2, 0) is 0 Å². The van der Waals surface area contributed by atoms with E-state index in [1.54, 1.807) is 19.4 Å². The first kappa shape index (κ1) is 10.2. The summed E-state index contributed by atoms with van der Waals surface area (Å²) in [7, 11) is 1.59. The van der Waals surface area contributed by atoms with Crippen molar-refractivity contribution in [1.29, 1.82) is 0 Å². The number of nitrogens with two attached hydrogens (primary N) is 1. The van der Waals surface area contributed by atoms with Crippen molar-refractivity contribution in [3.63, 3.8) is 0 Å². The van der Waals surface area contributed by atoms with Gasteiger partial charge in [0.2, 0.25) is 11.8 Å². The van der Waals surface area contributed by atoms with Crippen LogP contribution in [0.3, 0.4) is 0 Å². The maximum atomic E-state index is 5.95. The smallest absolute Gasteiger partial charge is 0.226 e. The highest BCUT2D eigenvalue weighted by Crippen LogP contribution is 2.20. The molecular weight excluding hydrogens is 192 g/mol. The number of nitrogens with zero attached hydrogens (tertiary/aromatic N) is 2. The average Bonchev–Trinajstić information content (AvgIpc) is 2.65. The lowest BCUT2D eigenvalue weighted by molar-refractivity contribution is 0.397. The summed E-state index contributed by atoms with van der Waals surface area (Å²) in [5.41, 5.74) is 5.95. The van der Waals surface area contributed by atoms with Crippen LogP contribution in [0.15, 0.2) is 12.3 Å². The zero-order chi connectivity index (χ0) is 10.7. The van der Waals surface area contributed by atoms with Crippen LogP contribution in [0.5, 0.6) is 5.88 Å². The third-order valence-corrected chi connectivity index (χ3v) is 2.72. The summed E-state index contributed by atoms with van der Waals surface area (Å²) in [5.74, 6) is 1.16. The van der Waals surface area contributed by atoms with Gasteiger partial charge in [0, 0.05) is 24.3 Å². The van der Waals surface area contributed by atoms with E-state index < -0.39 is 0 Å². The van der Waals surface area contributed by atoms with Crippen LogP contribution < -0.4 is 15.8 Å². The van der Waals surface area contributed by atoms with E-state index in [0.29, 0.717) is 11.8 Å². The molecule has 0 amide bonds. The molecule has 2 rings (SSSR count). The zero-order valence-electron chi connectivity index (χ0n) is 8.81. The van der Waals surface area contributed by atoms with E-state index >= 15 is 0 Å². The van der Waals surface area contributed by atoms with Crippen LogP contribution in [0.4, 0.5) is 5.95 Å². The number of nitrogens with one attached hydrogen (secondary N) is 1. The normalized spacial score (nSPS) is 25.2. The minimum Gasteiger partial charge on any atom is -0.481 e. The molecule has 1 fully saturated rings. The van der Waals surface area contributed by atoms with Crippen LogP contribution in [0.2, 0.25) is 0 Å². The lowest BCUT2D eigenvalue weighted by Gasteiger charge is -2.16. The quantitative estimate of drug-likeness (QED) is 0.767. The minimum absolute atomic E-state index is 0.208. The van der Waals surface area contributed by atoms with Gasteiger partial charge in [-0.1, -0.05) is 0 Å². The van der Waals surface area contributed by atoms with Crippen molar-refractivity contribution < 1.29 is 4.74 Å². The summed E-state index contributed by atoms with van der Waals surface area (Å²) >= 11 is 0. The number of rotatable bonds is 3. The summed E-state index contributed by atoms with van der Waals surface area (Å²) in [6.07, 6.45) is 5.00. The first-order valence-corrected chi connectivity index (χ1v) is 5.19. The molecule has 2 unspecified atom stereocenters. The van der Waals surface area contributed by atoms with Crippen molar-refractivity contribution in [1.82, 2.24) is 9.97 Å². The van der Waals surface area contributed by atoms with Crippen molar-refractivity contribution in [3.8, 4) is 5.88 Å². The molecule has 0 aromatic carbocycles. The van der Waals surface area contributed by atoms with Gasteiger partial charge in [0.15, 0.2) is 0 Å². The molecule has 1 aliphatic rings. The predicted molar refractivity (Wildman–Crippen MR) is 57.8 cm³/mol. The predicted octanol–water partition coefficient (Wildman–Crippen LogP) is 0.777. The highest BCUT2D eigenvalue weighted by molar-refractivity contribution is 5.29. The van der Waals surface area contributed by atoms with Crippen LogP contribution in [0.1, 0.15) is 19.3 Å². The zero-order valence-corrected chi connectivity index (χ0v) is 8.81. The maximum Gasteiger partial charge on any atom is 0.226 e. The van der Waals surface area contributed by atoms with E-state index in [1.807, 2.05) is 0 Å². The minimum atomic E-state index is 0.208. The van der Waals surface area contributed by atoms with Gasteiger partial charge < -0.3 is 15.8 Å². The second-order valence-electron chi connectivity index (χ2n) is 3.77. The number of anilines is 1. The lowest BCUT2D eigenvalue weighted by atomic mass is 10.2. The fraction of sp³-hybridized carbons (Fsp3) is 0.600. The Bertz CT molecular complexity index is 331. The Balaban J connectivity index is 2.03. The van der Waals surface area contributed by atoms with Crippen molar-refractivity contribution in [2.45, 2.75) is 31.3 Å². The molecule has 1 aromatic heterocycles. The van der Waals surface area contributed by atoms with Gasteiger partial charge in [-0.15, -0.1) is 0 Å². The summed E-state index contributed by atoms with van der Waals surface area (Å²) in [6.45, 7) is 0. The highest BCUT2D eigenvalue weighted by Gasteiger charge is 2.24. The van der Waals surface area contributed by atoms with E-state index in [9.17, 15) is 0 Å². The number of hydrogen-bond donors (Lipinski definition) is 2. The molecule has 5 nitrogen and oxygen atoms in total. The molecule has 1 heterocycles. The van der Waals surface area contributed by atoms with Gasteiger partial charge in [0.05, 0.1) is 7.11 Å². The molecule has 15 heavy (non-hydrogen) atoms. The van der Waals surface area contributed by atoms with Crippen LogP contribution in [0.25, 0.3) is 0 Å². The molecule has 0 radical (unpaired) electrons. The van der Waals surface area contributed by atoms with Crippen molar-refractivity contribution in [2.24, 2.45) is 5.73 Å². The van der Waals surface area contributed by atoms with Crippen molar-refractivity contribution in [3.05, 3.63) is 12.3 Å². The van der Waals surface area contributed by atoms with Gasteiger partial charge in [0.1, 0.15) is 0 Å². The Morgan fingerprint density at radius 2 is 2.40 bits per heavy atom. The Labute approximate surface area is 89.1 Å². The van der Waals surface area contributed by atoms with Gasteiger partial charge in [-0.3, -0.25) is 0 Å². The molecule has 3 N–H and O–H groups in total. The number of methoxy groups -OCH3 is 1. The Morgan fingerprint density at radius 3 is 3.07 bits per heavy atom. The monoisotopic (exact) mass is 208 g/mol. The van der Waals surface area contributed by atoms with Crippen LogP contribution in [0, 0.1) is 0 Å². The molecule has 0 bridgehead atoms. The third kappa shape index (κ3) is 2.36. The maximum absolute atomic E-state index is 5.95. The molecular formula is C10H16N4O. The Kier molecular flexibility index (Phi) is 3.01. The fourth-order valence-electron chi connectivity index (χ4n) is 1.86. The molecule has 5 heteroatoms. The largest absolute Gasteiger partial charge is 0.481 e. The molecule has 1 aliphatic carbocycles. The summed E-state index contributed by atoms with van der Waals surface area (Å²) in [5, 5.41) is 3.24. The fourth-order valence-corrected chi connectivity index (χ4v) is 1.86. The SMILES string of the molecule is COc1ccnc(NC2CCCC2N)n1. The van der Waals surface area contributed by atoms with E-state index in [1.165, 1.54) is 6.42 Å². The molecule has 1 saturated carbocycles. The molecule has 0 saturated heterocycles. The van der Waals surface area contributed by atoms with E-state index in [4.69, 9.17) is 10.5 Å². The van der Waals surface area contributed by atoms with Crippen LogP contribution in [-0.4, -0.2) is 29.2 Å². The molecule has 1 aromatic rings. The molecule has 0 spiro atoms. The summed E-state index contributed by atoms with van der Waals surface area (Å²) in [4.78, 5) is 8.32. The first-order chi connectivity index (χ1) is 7.29. The second-order valence-corrected chi connectivity index (χ2v) is 3.77. The average molecular weight is 208 g/mol. The van der Waals surface area contributed by atoms with E-state index in [0.717, 1.165) is 12.8 Å². The summed E-state index contributed by atoms with van der Waals surface area (Å²) in [6, 6.07) is 2.22. The third-order valence-electron chi connectivity index (χ3n) is 2.72. The van der Waals surface area contributed by atoms with E-state index in [2.05, 4.69) is 15.3 Å².